The van der Waals surface area contributed by atoms with Crippen molar-refractivity contribution >= 4 is 31.0 Å². The summed E-state index contributed by atoms with van der Waals surface area (Å²) in [5.41, 5.74) is 1.66. The Hall–Kier alpha value is -4.44. The summed E-state index contributed by atoms with van der Waals surface area (Å²) in [6, 6.07) is 12.0. The molecule has 0 radical (unpaired) electrons. The van der Waals surface area contributed by atoms with Gasteiger partial charge in [-0.3, -0.25) is 20.2 Å². The summed E-state index contributed by atoms with van der Waals surface area (Å²) in [6.07, 6.45) is 4.70. The summed E-state index contributed by atoms with van der Waals surface area (Å²) in [5.74, 6) is 0. The van der Waals surface area contributed by atoms with Crippen LogP contribution in [0.3, 0.4) is 0 Å². The van der Waals surface area contributed by atoms with Crippen molar-refractivity contribution in [2.24, 2.45) is 0 Å². The molecular formula is C22H22N6O8S2. The number of hydrogen-bond donors (Lipinski definition) is 0. The Morgan fingerprint density at radius 2 is 1.18 bits per heavy atom. The van der Waals surface area contributed by atoms with Gasteiger partial charge < -0.3 is 0 Å². The van der Waals surface area contributed by atoms with Gasteiger partial charge in [-0.05, 0) is 62.4 Å². The number of rotatable bonds is 6. The van der Waals surface area contributed by atoms with Gasteiger partial charge in [0.1, 0.15) is 23.8 Å². The number of sulfone groups is 2. The molecule has 4 aromatic rings. The number of aromatic nitrogens is 4. The number of nitrogens with zero attached hydrogens (tertiary/aromatic N) is 6. The van der Waals surface area contributed by atoms with E-state index in [-0.39, 0.29) is 21.2 Å². The zero-order valence-electron chi connectivity index (χ0n) is 20.5. The Bertz CT molecular complexity index is 1710. The average molecular weight is 563 g/mol. The fourth-order valence-corrected chi connectivity index (χ4v) is 4.54. The quantitative estimate of drug-likeness (QED) is 0.249. The predicted octanol–water partition coefficient (Wildman–Crippen LogP) is 2.98. The lowest BCUT2D eigenvalue weighted by Gasteiger charge is -2.04. The van der Waals surface area contributed by atoms with Gasteiger partial charge in [-0.2, -0.15) is 10.2 Å². The molecule has 0 saturated heterocycles. The van der Waals surface area contributed by atoms with Crippen LogP contribution < -0.4 is 0 Å². The normalized spacial score (nSPS) is 11.5. The van der Waals surface area contributed by atoms with Crippen molar-refractivity contribution < 1.29 is 26.7 Å². The van der Waals surface area contributed by atoms with E-state index >= 15 is 0 Å². The summed E-state index contributed by atoms with van der Waals surface area (Å²) >= 11 is 0. The van der Waals surface area contributed by atoms with Crippen molar-refractivity contribution in [3.8, 4) is 11.4 Å². The maximum absolute atomic E-state index is 11.3. The first-order chi connectivity index (χ1) is 17.6. The summed E-state index contributed by atoms with van der Waals surface area (Å²) in [4.78, 5) is 20.8. The van der Waals surface area contributed by atoms with Crippen LogP contribution in [0.4, 0.5) is 11.4 Å². The van der Waals surface area contributed by atoms with Gasteiger partial charge in [-0.25, -0.2) is 26.2 Å². The maximum atomic E-state index is 11.3. The van der Waals surface area contributed by atoms with Crippen LogP contribution in [0.25, 0.3) is 11.4 Å². The third-order valence-corrected chi connectivity index (χ3v) is 7.55. The molecule has 0 aliphatic rings. The number of benzene rings is 2. The lowest BCUT2D eigenvalue weighted by molar-refractivity contribution is -0.385. The Morgan fingerprint density at radius 1 is 0.737 bits per heavy atom. The highest BCUT2D eigenvalue weighted by atomic mass is 32.2. The van der Waals surface area contributed by atoms with Gasteiger partial charge >= 0.3 is 11.4 Å². The van der Waals surface area contributed by atoms with Gasteiger partial charge in [0.05, 0.1) is 31.0 Å². The summed E-state index contributed by atoms with van der Waals surface area (Å²) in [6.45, 7) is 3.12. The molecule has 0 unspecified atom stereocenters. The van der Waals surface area contributed by atoms with Crippen LogP contribution >= 0.6 is 0 Å². The molecule has 0 N–H and O–H groups in total. The van der Waals surface area contributed by atoms with Crippen LogP contribution in [-0.4, -0.2) is 58.8 Å². The van der Waals surface area contributed by atoms with Gasteiger partial charge in [0.15, 0.2) is 19.7 Å². The van der Waals surface area contributed by atoms with Gasteiger partial charge in [0.25, 0.3) is 0 Å². The molecule has 0 aliphatic carbocycles. The highest BCUT2D eigenvalue weighted by Gasteiger charge is 2.18. The second-order valence-electron chi connectivity index (χ2n) is 8.12. The third kappa shape index (κ3) is 6.27. The molecule has 0 aliphatic heterocycles. The van der Waals surface area contributed by atoms with E-state index in [0.717, 1.165) is 12.5 Å². The van der Waals surface area contributed by atoms with E-state index in [9.17, 15) is 37.1 Å². The van der Waals surface area contributed by atoms with Crippen molar-refractivity contribution in [1.82, 2.24) is 19.6 Å². The van der Waals surface area contributed by atoms with E-state index in [1.165, 1.54) is 46.0 Å². The van der Waals surface area contributed by atoms with Crippen LogP contribution in [0, 0.1) is 34.1 Å². The number of nitro groups is 2. The van der Waals surface area contributed by atoms with Crippen LogP contribution in [0.15, 0.2) is 70.7 Å². The minimum Gasteiger partial charge on any atom is -0.258 e. The molecule has 0 fully saturated rings. The fourth-order valence-electron chi connectivity index (χ4n) is 3.28. The lowest BCUT2D eigenvalue weighted by atomic mass is 10.3. The second kappa shape index (κ2) is 10.5. The van der Waals surface area contributed by atoms with E-state index in [0.29, 0.717) is 22.8 Å². The van der Waals surface area contributed by atoms with Crippen LogP contribution in [0.2, 0.25) is 0 Å². The minimum atomic E-state index is -3.26. The van der Waals surface area contributed by atoms with Crippen molar-refractivity contribution in [2.75, 3.05) is 12.5 Å². The Labute approximate surface area is 217 Å². The Balaban J connectivity index is 0.000000211. The van der Waals surface area contributed by atoms with Gasteiger partial charge in [0.2, 0.25) is 0 Å². The third-order valence-electron chi connectivity index (χ3n) is 5.29. The summed E-state index contributed by atoms with van der Waals surface area (Å²) in [7, 11) is -6.51. The molecule has 0 saturated carbocycles. The van der Waals surface area contributed by atoms with Crippen LogP contribution in [-0.2, 0) is 19.7 Å². The standard InChI is InChI=1S/2C11H11N3O4S/c1-8-11(14(15)16)7-13(12-8)9-3-5-10(6-4-9)19(2,17)18;1-8-11(14(15)16)7-12-13(8)9-3-5-10(6-4-9)19(2,17)18/h2*3-7H,1-2H3. The first-order valence-electron chi connectivity index (χ1n) is 10.6. The lowest BCUT2D eigenvalue weighted by Crippen LogP contribution is -2.01. The zero-order chi connectivity index (χ0) is 28.4. The topological polar surface area (TPSA) is 190 Å². The zero-order valence-corrected chi connectivity index (χ0v) is 22.2. The molecule has 0 atom stereocenters. The molecule has 200 valence electrons. The molecule has 0 spiro atoms. The SMILES string of the molecule is Cc1c([N+](=O)[O-])cnn1-c1ccc(S(C)(=O)=O)cc1.Cc1nn(-c2ccc(S(C)(=O)=O)cc2)cc1[N+](=O)[O-]. The molecule has 0 bridgehead atoms. The van der Waals surface area contributed by atoms with E-state index in [2.05, 4.69) is 10.2 Å². The van der Waals surface area contributed by atoms with E-state index in [1.807, 2.05) is 0 Å². The monoisotopic (exact) mass is 562 g/mol. The van der Waals surface area contributed by atoms with Crippen LogP contribution in [0.5, 0.6) is 0 Å². The molecule has 2 heterocycles. The predicted molar refractivity (Wildman–Crippen MR) is 136 cm³/mol. The van der Waals surface area contributed by atoms with Crippen molar-refractivity contribution in [1.29, 1.82) is 0 Å². The molecule has 2 aromatic heterocycles. The van der Waals surface area contributed by atoms with Crippen molar-refractivity contribution in [3.63, 3.8) is 0 Å². The first-order valence-corrected chi connectivity index (χ1v) is 14.4. The maximum Gasteiger partial charge on any atom is 0.310 e. The number of aryl methyl sites for hydroxylation is 1. The van der Waals surface area contributed by atoms with Crippen LogP contribution in [0.1, 0.15) is 11.4 Å². The summed E-state index contributed by atoms with van der Waals surface area (Å²) in [5, 5.41) is 29.4. The second-order valence-corrected chi connectivity index (χ2v) is 12.1. The number of hydrogen-bond acceptors (Lipinski definition) is 10. The highest BCUT2D eigenvalue weighted by Crippen LogP contribution is 2.22. The Kier molecular flexibility index (Phi) is 7.78. The van der Waals surface area contributed by atoms with Crippen molar-refractivity contribution in [3.05, 3.63) is 92.5 Å². The summed E-state index contributed by atoms with van der Waals surface area (Å²) < 4.78 is 48.0. The largest absolute Gasteiger partial charge is 0.310 e. The first kappa shape index (κ1) is 28.1. The molecule has 4 rings (SSSR count). The van der Waals surface area contributed by atoms with E-state index in [1.54, 1.807) is 38.1 Å². The van der Waals surface area contributed by atoms with Gasteiger partial charge in [-0.1, -0.05) is 0 Å². The van der Waals surface area contributed by atoms with Crippen molar-refractivity contribution in [2.45, 2.75) is 23.6 Å². The fraction of sp³-hybridized carbons (Fsp3) is 0.182. The van der Waals surface area contributed by atoms with Gasteiger partial charge in [-0.15, -0.1) is 0 Å². The molecule has 38 heavy (non-hydrogen) atoms. The molecule has 2 aromatic carbocycles. The average Bonchev–Trinajstić information content (AvgIpc) is 3.41. The Morgan fingerprint density at radius 3 is 1.55 bits per heavy atom. The van der Waals surface area contributed by atoms with E-state index in [4.69, 9.17) is 0 Å². The smallest absolute Gasteiger partial charge is 0.258 e. The molecule has 0 amide bonds. The molecular weight excluding hydrogens is 540 g/mol. The molecule has 16 heteroatoms. The molecule has 14 nitrogen and oxygen atoms in total. The minimum absolute atomic E-state index is 0.0767. The highest BCUT2D eigenvalue weighted by molar-refractivity contribution is 7.91. The van der Waals surface area contributed by atoms with E-state index < -0.39 is 29.5 Å². The van der Waals surface area contributed by atoms with Gasteiger partial charge in [0, 0.05) is 12.5 Å².